The quantitative estimate of drug-likeness (QED) is 0.401. The van der Waals surface area contributed by atoms with E-state index in [9.17, 15) is 4.79 Å². The van der Waals surface area contributed by atoms with Crippen LogP contribution in [0.4, 0.5) is 0 Å². The second-order valence-electron chi connectivity index (χ2n) is 6.32. The van der Waals surface area contributed by atoms with Crippen LogP contribution in [-0.2, 0) is 24.3 Å². The largest absolute Gasteiger partial charge is 1.00 e. The SMILES string of the molecule is O=C(O)CCCCn1c[n+](CCc2cccc3ccccc23)c(Cl)c1Cl.[Br-]. The number of fused-ring (bicyclic) bond motifs is 1. The third-order valence-electron chi connectivity index (χ3n) is 4.49. The number of imidazole rings is 1. The van der Waals surface area contributed by atoms with Crippen molar-refractivity contribution < 1.29 is 31.4 Å². The number of carboxylic acid groups (broad SMARTS) is 1. The van der Waals surface area contributed by atoms with Crippen LogP contribution in [0.3, 0.4) is 0 Å². The highest BCUT2D eigenvalue weighted by Crippen LogP contribution is 2.21. The van der Waals surface area contributed by atoms with Gasteiger partial charge in [-0.15, -0.1) is 0 Å². The Bertz CT molecular complexity index is 922. The summed E-state index contributed by atoms with van der Waals surface area (Å²) in [5.74, 6) is -0.771. The van der Waals surface area contributed by atoms with Crippen molar-refractivity contribution >= 4 is 39.9 Å². The van der Waals surface area contributed by atoms with Gasteiger partial charge in [0.15, 0.2) is 0 Å². The second-order valence-corrected chi connectivity index (χ2v) is 7.04. The van der Waals surface area contributed by atoms with E-state index in [-0.39, 0.29) is 23.4 Å². The molecule has 1 aromatic heterocycles. The minimum atomic E-state index is -0.771. The van der Waals surface area contributed by atoms with E-state index in [2.05, 4.69) is 36.4 Å². The van der Waals surface area contributed by atoms with Crippen molar-refractivity contribution in [3.8, 4) is 0 Å². The normalized spacial score (nSPS) is 10.7. The Hall–Kier alpha value is -1.56. The molecule has 144 valence electrons. The molecule has 2 aromatic carbocycles. The van der Waals surface area contributed by atoms with E-state index in [1.165, 1.54) is 16.3 Å². The third kappa shape index (κ3) is 5.47. The van der Waals surface area contributed by atoms with Crippen LogP contribution in [-0.4, -0.2) is 15.6 Å². The summed E-state index contributed by atoms with van der Waals surface area (Å²) < 4.78 is 3.83. The number of rotatable bonds is 8. The summed E-state index contributed by atoms with van der Waals surface area (Å²) in [4.78, 5) is 10.6. The van der Waals surface area contributed by atoms with E-state index in [1.807, 2.05) is 21.5 Å². The number of nitrogens with zero attached hydrogens (tertiary/aromatic N) is 2. The van der Waals surface area contributed by atoms with Crippen LogP contribution in [0.1, 0.15) is 24.8 Å². The molecule has 0 aliphatic rings. The molecule has 0 unspecified atom stereocenters. The molecule has 27 heavy (non-hydrogen) atoms. The predicted octanol–water partition coefficient (Wildman–Crippen LogP) is 1.74. The number of benzene rings is 2. The molecule has 0 saturated heterocycles. The molecule has 0 saturated carbocycles. The summed E-state index contributed by atoms with van der Waals surface area (Å²) in [6.45, 7) is 1.39. The lowest BCUT2D eigenvalue weighted by atomic mass is 10.0. The smallest absolute Gasteiger partial charge is 0.303 e. The molecule has 0 amide bonds. The molecule has 0 bridgehead atoms. The average Bonchev–Trinajstić information content (AvgIpc) is 2.91. The van der Waals surface area contributed by atoms with Crippen LogP contribution >= 0.6 is 23.2 Å². The highest BCUT2D eigenvalue weighted by atomic mass is 79.9. The van der Waals surface area contributed by atoms with Gasteiger partial charge in [0, 0.05) is 12.8 Å². The van der Waals surface area contributed by atoms with Gasteiger partial charge in [0.2, 0.25) is 6.33 Å². The Labute approximate surface area is 179 Å². The molecule has 7 heteroatoms. The summed E-state index contributed by atoms with van der Waals surface area (Å²) in [6.07, 6.45) is 4.31. The fraction of sp³-hybridized carbons (Fsp3) is 0.300. The van der Waals surface area contributed by atoms with E-state index in [0.717, 1.165) is 19.4 Å². The van der Waals surface area contributed by atoms with Crippen LogP contribution in [0.2, 0.25) is 10.3 Å². The summed E-state index contributed by atoms with van der Waals surface area (Å²) >= 11 is 12.7. The topological polar surface area (TPSA) is 46.1 Å². The van der Waals surface area contributed by atoms with Gasteiger partial charge in [0.05, 0.1) is 13.1 Å². The first-order valence-electron chi connectivity index (χ1n) is 8.68. The standard InChI is InChI=1S/C20H20Cl2N2O2.BrH/c21-19-20(22)24(14-23(19)12-4-3-10-18(25)26)13-11-16-8-5-7-15-6-1-2-9-17(15)16;/h1-2,5-9,14H,3-4,10-13H2;1H. The van der Waals surface area contributed by atoms with Gasteiger partial charge in [-0.2, -0.15) is 0 Å². The summed E-state index contributed by atoms with van der Waals surface area (Å²) in [5, 5.41) is 12.2. The molecule has 0 aliphatic heterocycles. The van der Waals surface area contributed by atoms with Crippen LogP contribution in [0, 0.1) is 0 Å². The maximum Gasteiger partial charge on any atom is 0.303 e. The van der Waals surface area contributed by atoms with Gasteiger partial charge in [0.1, 0.15) is 0 Å². The molecule has 0 spiro atoms. The van der Waals surface area contributed by atoms with Gasteiger partial charge >= 0.3 is 5.97 Å². The van der Waals surface area contributed by atoms with Crippen LogP contribution < -0.4 is 21.5 Å². The Morgan fingerprint density at radius 3 is 2.59 bits per heavy atom. The minimum absolute atomic E-state index is 0. The van der Waals surface area contributed by atoms with Gasteiger partial charge in [0.25, 0.3) is 10.3 Å². The summed E-state index contributed by atoms with van der Waals surface area (Å²) in [6, 6.07) is 14.7. The number of aryl methyl sites for hydroxylation is 3. The summed E-state index contributed by atoms with van der Waals surface area (Å²) in [5.41, 5.74) is 1.27. The molecular weight excluding hydrogens is 451 g/mol. The number of hydrogen-bond acceptors (Lipinski definition) is 1. The summed E-state index contributed by atoms with van der Waals surface area (Å²) in [7, 11) is 0. The van der Waals surface area contributed by atoms with Gasteiger partial charge < -0.3 is 22.1 Å². The Kier molecular flexibility index (Phi) is 8.14. The van der Waals surface area contributed by atoms with E-state index in [0.29, 0.717) is 23.3 Å². The Balaban J connectivity index is 0.00000261. The zero-order valence-electron chi connectivity index (χ0n) is 14.7. The Morgan fingerprint density at radius 1 is 1.07 bits per heavy atom. The third-order valence-corrected chi connectivity index (χ3v) is 5.38. The zero-order valence-corrected chi connectivity index (χ0v) is 17.8. The number of carboxylic acids is 1. The van der Waals surface area contributed by atoms with E-state index in [4.69, 9.17) is 28.3 Å². The fourth-order valence-corrected chi connectivity index (χ4v) is 3.60. The number of aliphatic carboxylic acids is 1. The first kappa shape index (κ1) is 21.7. The van der Waals surface area contributed by atoms with Gasteiger partial charge in [-0.3, -0.25) is 4.79 Å². The molecule has 4 nitrogen and oxygen atoms in total. The highest BCUT2D eigenvalue weighted by Gasteiger charge is 2.20. The van der Waals surface area contributed by atoms with Crippen LogP contribution in [0.15, 0.2) is 48.8 Å². The molecule has 0 atom stereocenters. The number of hydrogen-bond donors (Lipinski definition) is 1. The lowest BCUT2D eigenvalue weighted by Gasteiger charge is -2.05. The van der Waals surface area contributed by atoms with Gasteiger partial charge in [-0.05, 0) is 52.4 Å². The van der Waals surface area contributed by atoms with Crippen molar-refractivity contribution in [1.82, 2.24) is 4.57 Å². The van der Waals surface area contributed by atoms with Gasteiger partial charge in [-0.1, -0.05) is 42.5 Å². The number of halogens is 3. The average molecular weight is 472 g/mol. The van der Waals surface area contributed by atoms with Crippen molar-refractivity contribution in [3.63, 3.8) is 0 Å². The molecule has 0 fully saturated rings. The first-order chi connectivity index (χ1) is 12.6. The van der Waals surface area contributed by atoms with Crippen molar-refractivity contribution in [2.45, 2.75) is 38.8 Å². The molecule has 1 heterocycles. The first-order valence-corrected chi connectivity index (χ1v) is 9.44. The predicted molar refractivity (Wildman–Crippen MR) is 104 cm³/mol. The zero-order chi connectivity index (χ0) is 18.5. The highest BCUT2D eigenvalue weighted by molar-refractivity contribution is 6.39. The van der Waals surface area contributed by atoms with Crippen LogP contribution in [0.25, 0.3) is 10.8 Å². The monoisotopic (exact) mass is 470 g/mol. The molecule has 3 rings (SSSR count). The van der Waals surface area contributed by atoms with Crippen molar-refractivity contribution in [1.29, 1.82) is 0 Å². The molecule has 1 N–H and O–H groups in total. The van der Waals surface area contributed by atoms with E-state index < -0.39 is 5.97 Å². The van der Waals surface area contributed by atoms with Crippen molar-refractivity contribution in [2.75, 3.05) is 0 Å². The molecule has 3 aromatic rings. The van der Waals surface area contributed by atoms with Crippen molar-refractivity contribution in [2.24, 2.45) is 0 Å². The fourth-order valence-electron chi connectivity index (χ4n) is 3.13. The number of carbonyl (C=O) groups is 1. The maximum atomic E-state index is 10.6. The lowest BCUT2D eigenvalue weighted by Crippen LogP contribution is -3.00. The lowest BCUT2D eigenvalue weighted by molar-refractivity contribution is -0.693. The number of aromatic nitrogens is 2. The van der Waals surface area contributed by atoms with E-state index >= 15 is 0 Å². The van der Waals surface area contributed by atoms with Gasteiger partial charge in [-0.25, -0.2) is 9.13 Å². The maximum absolute atomic E-state index is 10.6. The van der Waals surface area contributed by atoms with E-state index in [1.54, 1.807) is 0 Å². The minimum Gasteiger partial charge on any atom is -1.00 e. The second kappa shape index (κ2) is 10.1. The number of unbranched alkanes of at least 4 members (excludes halogenated alkanes) is 1. The Morgan fingerprint density at radius 2 is 1.81 bits per heavy atom. The molecule has 0 radical (unpaired) electrons. The van der Waals surface area contributed by atoms with Crippen molar-refractivity contribution in [3.05, 3.63) is 64.7 Å². The molecule has 0 aliphatic carbocycles. The molecular formula is C20H21BrCl2N2O2. The van der Waals surface area contributed by atoms with Crippen LogP contribution in [0.5, 0.6) is 0 Å².